The number of aromatic nitrogens is 1. The summed E-state index contributed by atoms with van der Waals surface area (Å²) in [7, 11) is 3.55. The molecule has 0 unspecified atom stereocenters. The zero-order chi connectivity index (χ0) is 16.4. The minimum absolute atomic E-state index is 0.228. The van der Waals surface area contributed by atoms with E-state index in [1.165, 1.54) is 0 Å². The van der Waals surface area contributed by atoms with E-state index in [9.17, 15) is 4.79 Å². The van der Waals surface area contributed by atoms with Crippen molar-refractivity contribution >= 4 is 34.4 Å². The summed E-state index contributed by atoms with van der Waals surface area (Å²) in [5.41, 5.74) is 5.09. The SMILES string of the molecule is COc1ccc2c(c1)c(C(=O)N/N=C/c1cccs1)c(C)n2C. The van der Waals surface area contributed by atoms with Crippen LogP contribution in [0.4, 0.5) is 0 Å². The summed E-state index contributed by atoms with van der Waals surface area (Å²) >= 11 is 1.56. The molecule has 3 aromatic rings. The Hall–Kier alpha value is -2.60. The van der Waals surface area contributed by atoms with E-state index in [-0.39, 0.29) is 5.91 Å². The van der Waals surface area contributed by atoms with Crippen LogP contribution in [0.5, 0.6) is 5.75 Å². The Labute approximate surface area is 138 Å². The van der Waals surface area contributed by atoms with E-state index in [0.29, 0.717) is 5.56 Å². The third-order valence-corrected chi connectivity index (χ3v) is 4.63. The number of carbonyl (C=O) groups is 1. The van der Waals surface area contributed by atoms with Gasteiger partial charge in [-0.1, -0.05) is 6.07 Å². The van der Waals surface area contributed by atoms with Gasteiger partial charge in [0.1, 0.15) is 5.75 Å². The zero-order valence-electron chi connectivity index (χ0n) is 13.2. The molecule has 1 N–H and O–H groups in total. The highest BCUT2D eigenvalue weighted by atomic mass is 32.1. The van der Waals surface area contributed by atoms with Crippen LogP contribution in [0, 0.1) is 6.92 Å². The van der Waals surface area contributed by atoms with Gasteiger partial charge in [0, 0.05) is 28.5 Å². The molecule has 0 atom stereocenters. The van der Waals surface area contributed by atoms with E-state index in [4.69, 9.17) is 4.74 Å². The van der Waals surface area contributed by atoms with Crippen LogP contribution in [0.25, 0.3) is 10.9 Å². The van der Waals surface area contributed by atoms with Gasteiger partial charge in [-0.05, 0) is 36.6 Å². The minimum atomic E-state index is -0.228. The standard InChI is InChI=1S/C17H17N3O2S/c1-11-16(17(21)19-18-10-13-5-4-8-23-13)14-9-12(22-3)6-7-15(14)20(11)2/h4-10H,1-3H3,(H,19,21)/b18-10+. The molecule has 0 radical (unpaired) electrons. The summed E-state index contributed by atoms with van der Waals surface area (Å²) in [4.78, 5) is 13.5. The lowest BCUT2D eigenvalue weighted by atomic mass is 10.1. The molecule has 1 aromatic carbocycles. The Morgan fingerprint density at radius 3 is 2.91 bits per heavy atom. The lowest BCUT2D eigenvalue weighted by Gasteiger charge is -2.02. The van der Waals surface area contributed by atoms with Gasteiger partial charge in [0.2, 0.25) is 0 Å². The summed E-state index contributed by atoms with van der Waals surface area (Å²) in [5, 5.41) is 6.85. The van der Waals surface area contributed by atoms with Crippen molar-refractivity contribution in [3.63, 3.8) is 0 Å². The average Bonchev–Trinajstić information content (AvgIpc) is 3.15. The van der Waals surface area contributed by atoms with Crippen LogP contribution in [0.15, 0.2) is 40.8 Å². The first-order valence-corrected chi connectivity index (χ1v) is 7.99. The van der Waals surface area contributed by atoms with E-state index in [2.05, 4.69) is 10.5 Å². The lowest BCUT2D eigenvalue weighted by molar-refractivity contribution is 0.0956. The van der Waals surface area contributed by atoms with Gasteiger partial charge in [0.25, 0.3) is 5.91 Å². The third-order valence-electron chi connectivity index (χ3n) is 3.83. The fraction of sp³-hybridized carbons (Fsp3) is 0.176. The number of hydrazone groups is 1. The molecule has 1 amide bonds. The maximum absolute atomic E-state index is 12.5. The van der Waals surface area contributed by atoms with Gasteiger partial charge in [-0.15, -0.1) is 11.3 Å². The number of thiophene rings is 1. The fourth-order valence-corrected chi connectivity index (χ4v) is 3.12. The topological polar surface area (TPSA) is 55.6 Å². The van der Waals surface area contributed by atoms with Crippen LogP contribution < -0.4 is 10.2 Å². The highest BCUT2D eigenvalue weighted by molar-refractivity contribution is 7.11. The highest BCUT2D eigenvalue weighted by Crippen LogP contribution is 2.28. The Bertz CT molecular complexity index is 879. The molecule has 0 aliphatic heterocycles. The monoisotopic (exact) mass is 327 g/mol. The number of hydrogen-bond donors (Lipinski definition) is 1. The van der Waals surface area contributed by atoms with Crippen molar-refractivity contribution in [1.82, 2.24) is 9.99 Å². The second-order valence-corrected chi connectivity index (χ2v) is 6.10. The summed E-state index contributed by atoms with van der Waals surface area (Å²) < 4.78 is 7.26. The molecule has 0 aliphatic carbocycles. The Kier molecular flexibility index (Phi) is 4.16. The van der Waals surface area contributed by atoms with Crippen LogP contribution in [-0.4, -0.2) is 23.8 Å². The quantitative estimate of drug-likeness (QED) is 0.590. The second-order valence-electron chi connectivity index (χ2n) is 5.12. The molecule has 0 saturated carbocycles. The maximum atomic E-state index is 12.5. The van der Waals surface area contributed by atoms with Gasteiger partial charge in [-0.2, -0.15) is 5.10 Å². The van der Waals surface area contributed by atoms with E-state index in [1.807, 2.05) is 54.3 Å². The highest BCUT2D eigenvalue weighted by Gasteiger charge is 2.18. The van der Waals surface area contributed by atoms with Crippen LogP contribution >= 0.6 is 11.3 Å². The van der Waals surface area contributed by atoms with Crippen LogP contribution in [-0.2, 0) is 7.05 Å². The molecule has 2 heterocycles. The first-order valence-electron chi connectivity index (χ1n) is 7.11. The van der Waals surface area contributed by atoms with Crippen LogP contribution in [0.1, 0.15) is 20.9 Å². The van der Waals surface area contributed by atoms with Gasteiger partial charge in [-0.25, -0.2) is 5.43 Å². The van der Waals surface area contributed by atoms with Gasteiger partial charge in [0.05, 0.1) is 18.9 Å². The molecule has 0 aliphatic rings. The smallest absolute Gasteiger partial charge is 0.273 e. The van der Waals surface area contributed by atoms with Crippen molar-refractivity contribution in [2.75, 3.05) is 7.11 Å². The molecular weight excluding hydrogens is 310 g/mol. The zero-order valence-corrected chi connectivity index (χ0v) is 14.0. The number of hydrogen-bond acceptors (Lipinski definition) is 4. The van der Waals surface area contributed by atoms with Gasteiger partial charge in [0.15, 0.2) is 0 Å². The van der Waals surface area contributed by atoms with Crippen LogP contribution in [0.3, 0.4) is 0 Å². The van der Waals surface area contributed by atoms with Crippen molar-refractivity contribution in [1.29, 1.82) is 0 Å². The maximum Gasteiger partial charge on any atom is 0.273 e. The molecule has 0 saturated heterocycles. The normalized spacial score (nSPS) is 11.3. The number of rotatable bonds is 4. The molecule has 2 aromatic heterocycles. The van der Waals surface area contributed by atoms with Crippen molar-refractivity contribution in [3.05, 3.63) is 51.8 Å². The predicted octanol–water partition coefficient (Wildman–Crippen LogP) is 3.32. The third kappa shape index (κ3) is 2.85. The number of fused-ring (bicyclic) bond motifs is 1. The number of nitrogens with zero attached hydrogens (tertiary/aromatic N) is 2. The second kappa shape index (κ2) is 6.26. The van der Waals surface area contributed by atoms with Gasteiger partial charge >= 0.3 is 0 Å². The molecule has 0 fully saturated rings. The Morgan fingerprint density at radius 2 is 2.22 bits per heavy atom. The molecule has 3 rings (SSSR count). The largest absolute Gasteiger partial charge is 0.497 e. The molecule has 0 bridgehead atoms. The predicted molar refractivity (Wildman–Crippen MR) is 93.6 cm³/mol. The minimum Gasteiger partial charge on any atom is -0.497 e. The fourth-order valence-electron chi connectivity index (χ4n) is 2.54. The number of amides is 1. The molecule has 23 heavy (non-hydrogen) atoms. The lowest BCUT2D eigenvalue weighted by Crippen LogP contribution is -2.18. The van der Waals surface area contributed by atoms with E-state index in [1.54, 1.807) is 24.7 Å². The van der Waals surface area contributed by atoms with Crippen molar-refractivity contribution in [2.45, 2.75) is 6.92 Å². The number of benzene rings is 1. The summed E-state index contributed by atoms with van der Waals surface area (Å²) in [5.74, 6) is 0.494. The van der Waals surface area contributed by atoms with Crippen LogP contribution in [0.2, 0.25) is 0 Å². The number of carbonyl (C=O) groups excluding carboxylic acids is 1. The summed E-state index contributed by atoms with van der Waals surface area (Å²) in [6.07, 6.45) is 1.64. The van der Waals surface area contributed by atoms with Crippen molar-refractivity contribution in [3.8, 4) is 5.75 Å². The van der Waals surface area contributed by atoms with Crippen molar-refractivity contribution < 1.29 is 9.53 Å². The van der Waals surface area contributed by atoms with E-state index in [0.717, 1.165) is 27.2 Å². The number of nitrogens with one attached hydrogen (secondary N) is 1. The molecular formula is C17H17N3O2S. The van der Waals surface area contributed by atoms with E-state index < -0.39 is 0 Å². The summed E-state index contributed by atoms with van der Waals surface area (Å²) in [6, 6.07) is 9.59. The Balaban J connectivity index is 1.94. The number of methoxy groups -OCH3 is 1. The molecule has 0 spiro atoms. The first-order chi connectivity index (χ1) is 11.1. The number of aryl methyl sites for hydroxylation is 1. The number of ether oxygens (including phenoxy) is 1. The molecule has 118 valence electrons. The van der Waals surface area contributed by atoms with Gasteiger partial charge in [-0.3, -0.25) is 4.79 Å². The van der Waals surface area contributed by atoms with E-state index >= 15 is 0 Å². The Morgan fingerprint density at radius 1 is 1.39 bits per heavy atom. The first kappa shape index (κ1) is 15.3. The summed E-state index contributed by atoms with van der Waals surface area (Å²) in [6.45, 7) is 1.92. The van der Waals surface area contributed by atoms with Gasteiger partial charge < -0.3 is 9.30 Å². The molecule has 5 nitrogen and oxygen atoms in total. The van der Waals surface area contributed by atoms with Crippen molar-refractivity contribution in [2.24, 2.45) is 12.1 Å². The average molecular weight is 327 g/mol. The molecule has 6 heteroatoms.